The van der Waals surface area contributed by atoms with Gasteiger partial charge in [-0.05, 0) is 0 Å². The van der Waals surface area contributed by atoms with Gasteiger partial charge < -0.3 is 29.2 Å². The van der Waals surface area contributed by atoms with Crippen LogP contribution >= 0.6 is 0 Å². The van der Waals surface area contributed by atoms with Gasteiger partial charge in [0.05, 0.1) is 59.3 Å². The second kappa shape index (κ2) is 14.4. The standard InChI is InChI=1S/C12H22O6/c1-2-3-12(17-10-8-15-6-4-13)18-11-9-16-7-5-14/h1,12-14H,3-11H2. The SMILES string of the molecule is C#CCC(OCCOCCO)OCCOCCO. The Bertz CT molecular complexity index is 189. The van der Waals surface area contributed by atoms with E-state index in [1.54, 1.807) is 0 Å². The van der Waals surface area contributed by atoms with Crippen molar-refractivity contribution in [2.75, 3.05) is 52.9 Å². The Kier molecular flexibility index (Phi) is 13.8. The summed E-state index contributed by atoms with van der Waals surface area (Å²) in [4.78, 5) is 0. The van der Waals surface area contributed by atoms with Crippen molar-refractivity contribution in [2.45, 2.75) is 12.7 Å². The van der Waals surface area contributed by atoms with Gasteiger partial charge in [-0.2, -0.15) is 0 Å². The molecule has 0 heterocycles. The molecule has 0 atom stereocenters. The topological polar surface area (TPSA) is 77.4 Å². The number of hydrogen-bond acceptors (Lipinski definition) is 6. The van der Waals surface area contributed by atoms with E-state index in [0.29, 0.717) is 46.1 Å². The Morgan fingerprint density at radius 2 is 1.33 bits per heavy atom. The Hall–Kier alpha value is -0.680. The highest BCUT2D eigenvalue weighted by molar-refractivity contribution is 4.84. The lowest BCUT2D eigenvalue weighted by atomic mass is 10.4. The van der Waals surface area contributed by atoms with Crippen molar-refractivity contribution in [3.8, 4) is 12.3 Å². The molecule has 0 fully saturated rings. The molecule has 2 N–H and O–H groups in total. The zero-order valence-electron chi connectivity index (χ0n) is 10.5. The molecule has 0 unspecified atom stereocenters. The van der Waals surface area contributed by atoms with E-state index in [0.717, 1.165) is 0 Å². The molecule has 0 aliphatic rings. The van der Waals surface area contributed by atoms with Crippen molar-refractivity contribution in [3.05, 3.63) is 0 Å². The Balaban J connectivity index is 3.49. The van der Waals surface area contributed by atoms with Crippen LogP contribution in [-0.2, 0) is 18.9 Å². The molecular weight excluding hydrogens is 240 g/mol. The molecule has 6 nitrogen and oxygen atoms in total. The molecule has 0 radical (unpaired) electrons. The minimum atomic E-state index is -0.481. The third-order valence-electron chi connectivity index (χ3n) is 1.82. The second-order valence-corrected chi connectivity index (χ2v) is 3.25. The van der Waals surface area contributed by atoms with Gasteiger partial charge in [0, 0.05) is 0 Å². The van der Waals surface area contributed by atoms with Crippen molar-refractivity contribution in [1.82, 2.24) is 0 Å². The minimum Gasteiger partial charge on any atom is -0.394 e. The highest BCUT2D eigenvalue weighted by Crippen LogP contribution is 2.00. The molecule has 0 spiro atoms. The van der Waals surface area contributed by atoms with Crippen molar-refractivity contribution in [1.29, 1.82) is 0 Å². The average Bonchev–Trinajstić information content (AvgIpc) is 2.38. The highest BCUT2D eigenvalue weighted by atomic mass is 16.7. The van der Waals surface area contributed by atoms with Gasteiger partial charge in [0.25, 0.3) is 0 Å². The van der Waals surface area contributed by atoms with Crippen LogP contribution in [0, 0.1) is 12.3 Å². The van der Waals surface area contributed by atoms with Crippen LogP contribution < -0.4 is 0 Å². The van der Waals surface area contributed by atoms with Gasteiger partial charge in [-0.25, -0.2) is 0 Å². The number of rotatable bonds is 13. The lowest BCUT2D eigenvalue weighted by molar-refractivity contribution is -0.155. The molecule has 0 saturated carbocycles. The minimum absolute atomic E-state index is 0.00746. The highest BCUT2D eigenvalue weighted by Gasteiger charge is 2.07. The third kappa shape index (κ3) is 11.8. The van der Waals surface area contributed by atoms with Crippen LogP contribution in [0.2, 0.25) is 0 Å². The Labute approximate surface area is 108 Å². The summed E-state index contributed by atoms with van der Waals surface area (Å²) < 4.78 is 20.8. The van der Waals surface area contributed by atoms with Crippen LogP contribution in [0.25, 0.3) is 0 Å². The van der Waals surface area contributed by atoms with Gasteiger partial charge in [-0.3, -0.25) is 0 Å². The maximum atomic E-state index is 8.50. The van der Waals surface area contributed by atoms with E-state index in [4.69, 9.17) is 35.6 Å². The van der Waals surface area contributed by atoms with E-state index in [-0.39, 0.29) is 13.2 Å². The van der Waals surface area contributed by atoms with Gasteiger partial charge in [0.15, 0.2) is 6.29 Å². The van der Waals surface area contributed by atoms with Gasteiger partial charge in [-0.1, -0.05) is 0 Å². The zero-order chi connectivity index (χ0) is 13.5. The van der Waals surface area contributed by atoms with Crippen LogP contribution in [0.1, 0.15) is 6.42 Å². The monoisotopic (exact) mass is 262 g/mol. The van der Waals surface area contributed by atoms with Crippen LogP contribution in [0.15, 0.2) is 0 Å². The molecule has 0 rings (SSSR count). The van der Waals surface area contributed by atoms with E-state index < -0.39 is 6.29 Å². The molecule has 0 aromatic heterocycles. The van der Waals surface area contributed by atoms with Crippen molar-refractivity contribution >= 4 is 0 Å². The summed E-state index contributed by atoms with van der Waals surface area (Å²) in [7, 11) is 0. The maximum absolute atomic E-state index is 8.50. The van der Waals surface area contributed by atoms with E-state index in [1.807, 2.05) is 0 Å². The molecule has 0 amide bonds. The summed E-state index contributed by atoms with van der Waals surface area (Å²) in [6.07, 6.45) is 5.06. The number of terminal acetylenes is 1. The molecule has 0 aliphatic heterocycles. The smallest absolute Gasteiger partial charge is 0.168 e. The molecular formula is C12H22O6. The van der Waals surface area contributed by atoms with Crippen LogP contribution in [-0.4, -0.2) is 69.4 Å². The van der Waals surface area contributed by atoms with Crippen LogP contribution in [0.5, 0.6) is 0 Å². The molecule has 6 heteroatoms. The van der Waals surface area contributed by atoms with Crippen molar-refractivity contribution < 1.29 is 29.2 Å². The first-order valence-electron chi connectivity index (χ1n) is 5.89. The van der Waals surface area contributed by atoms with E-state index >= 15 is 0 Å². The lowest BCUT2D eigenvalue weighted by Crippen LogP contribution is -2.22. The normalized spacial score (nSPS) is 10.8. The average molecular weight is 262 g/mol. The van der Waals surface area contributed by atoms with Crippen LogP contribution in [0.4, 0.5) is 0 Å². The first kappa shape index (κ1) is 17.3. The molecule has 0 aliphatic carbocycles. The predicted molar refractivity (Wildman–Crippen MR) is 65.0 cm³/mol. The van der Waals surface area contributed by atoms with E-state index in [2.05, 4.69) is 5.92 Å². The first-order chi connectivity index (χ1) is 8.85. The summed E-state index contributed by atoms with van der Waals surface area (Å²) in [6, 6.07) is 0. The van der Waals surface area contributed by atoms with E-state index in [9.17, 15) is 0 Å². The zero-order valence-corrected chi connectivity index (χ0v) is 10.5. The van der Waals surface area contributed by atoms with Gasteiger partial charge in [-0.15, -0.1) is 12.3 Å². The second-order valence-electron chi connectivity index (χ2n) is 3.25. The summed E-state index contributed by atoms with van der Waals surface area (Å²) >= 11 is 0. The summed E-state index contributed by atoms with van der Waals surface area (Å²) in [5, 5.41) is 17.0. The quantitative estimate of drug-likeness (QED) is 0.262. The van der Waals surface area contributed by atoms with E-state index in [1.165, 1.54) is 0 Å². The lowest BCUT2D eigenvalue weighted by Gasteiger charge is -2.16. The number of aliphatic hydroxyl groups is 2. The number of hydrogen-bond donors (Lipinski definition) is 2. The molecule has 0 saturated heterocycles. The molecule has 0 bridgehead atoms. The summed E-state index contributed by atoms with van der Waals surface area (Å²) in [5.74, 6) is 2.46. The number of ether oxygens (including phenoxy) is 4. The van der Waals surface area contributed by atoms with Gasteiger partial charge in [0.1, 0.15) is 0 Å². The fraction of sp³-hybridized carbons (Fsp3) is 0.833. The Morgan fingerprint density at radius 3 is 1.72 bits per heavy atom. The third-order valence-corrected chi connectivity index (χ3v) is 1.82. The molecule has 18 heavy (non-hydrogen) atoms. The largest absolute Gasteiger partial charge is 0.394 e. The Morgan fingerprint density at radius 1 is 0.833 bits per heavy atom. The molecule has 0 aromatic carbocycles. The summed E-state index contributed by atoms with van der Waals surface area (Å²) in [5.41, 5.74) is 0. The van der Waals surface area contributed by atoms with Crippen molar-refractivity contribution in [2.24, 2.45) is 0 Å². The fourth-order valence-corrected chi connectivity index (χ4v) is 1.07. The molecule has 0 aromatic rings. The van der Waals surface area contributed by atoms with Crippen LogP contribution in [0.3, 0.4) is 0 Å². The molecule has 106 valence electrons. The van der Waals surface area contributed by atoms with Gasteiger partial charge >= 0.3 is 0 Å². The fourth-order valence-electron chi connectivity index (χ4n) is 1.07. The predicted octanol–water partition coefficient (Wildman–Crippen LogP) is -0.613. The van der Waals surface area contributed by atoms with Crippen molar-refractivity contribution in [3.63, 3.8) is 0 Å². The maximum Gasteiger partial charge on any atom is 0.168 e. The van der Waals surface area contributed by atoms with Gasteiger partial charge in [0.2, 0.25) is 0 Å². The first-order valence-corrected chi connectivity index (χ1v) is 5.89. The summed E-state index contributed by atoms with van der Waals surface area (Å²) in [6.45, 7) is 2.03. The number of aliphatic hydroxyl groups excluding tert-OH is 2.